The Morgan fingerprint density at radius 2 is 1.93 bits per heavy atom. The van der Waals surface area contributed by atoms with Crippen LogP contribution in [0.15, 0.2) is 47.4 Å². The zero-order valence-corrected chi connectivity index (χ0v) is 11.7. The van der Waals surface area contributed by atoms with Crippen LogP contribution in [0.2, 0.25) is 0 Å². The maximum atomic E-state index is 10.0. The van der Waals surface area contributed by atoms with E-state index >= 15 is 0 Å². The summed E-state index contributed by atoms with van der Waals surface area (Å²) in [7, 11) is 0. The number of non-ortho nitro benzene ring substituents is 1. The number of aromatic nitrogens is 1. The summed E-state index contributed by atoms with van der Waals surface area (Å²) in [6.07, 6.45) is 1.77. The second-order valence-electron chi connectivity index (χ2n) is 2.27. The van der Waals surface area contributed by atoms with Crippen LogP contribution in [0.5, 0.6) is 0 Å². The number of thiazole rings is 1. The minimum atomic E-state index is -0.417. The van der Waals surface area contributed by atoms with Gasteiger partial charge in [-0.1, -0.05) is 18.2 Å². The number of para-hydroxylation sites is 1. The normalized spacial score (nSPS) is 8.00. The molecule has 0 N–H and O–H groups in total. The Balaban J connectivity index is 0.000000280. The molecule has 0 atom stereocenters. The molecule has 0 aliphatic rings. The van der Waals surface area contributed by atoms with Crippen LogP contribution in [0.25, 0.3) is 0 Å². The van der Waals surface area contributed by atoms with E-state index in [0.29, 0.717) is 0 Å². The molecule has 0 aliphatic heterocycles. The van der Waals surface area contributed by atoms with Gasteiger partial charge in [0.05, 0.1) is 10.4 Å². The third kappa shape index (κ3) is 6.04. The van der Waals surface area contributed by atoms with Gasteiger partial charge in [0.2, 0.25) is 0 Å². The molecule has 1 aromatic carbocycles. The number of nitrogens with zero attached hydrogens (tertiary/aromatic N) is 2. The zero-order chi connectivity index (χ0) is 10.2. The summed E-state index contributed by atoms with van der Waals surface area (Å²) in [5.41, 5.74) is 1.93. The Bertz CT molecular complexity index is 350. The minimum absolute atomic E-state index is 0. The Morgan fingerprint density at radius 1 is 1.27 bits per heavy atom. The molecule has 0 fully saturated rings. The number of hydrogen-bond donors (Lipinski definition) is 0. The van der Waals surface area contributed by atoms with Crippen molar-refractivity contribution in [3.05, 3.63) is 57.5 Å². The van der Waals surface area contributed by atoms with E-state index in [1.54, 1.807) is 41.2 Å². The number of benzene rings is 1. The molecule has 2 rings (SSSR count). The number of nitro benzene ring substituents is 1. The maximum Gasteiger partial charge on any atom is 0.269 e. The SMILES string of the molecule is O=[N+]([O-])c1ccccc1.[Zn].c1cscn1. The van der Waals surface area contributed by atoms with Crippen molar-refractivity contribution in [2.45, 2.75) is 0 Å². The molecule has 0 saturated carbocycles. The van der Waals surface area contributed by atoms with Gasteiger partial charge in [-0.3, -0.25) is 15.1 Å². The first-order valence-electron chi connectivity index (χ1n) is 3.82. The van der Waals surface area contributed by atoms with Gasteiger partial charge in [0.25, 0.3) is 5.69 Å². The molecule has 74 valence electrons. The quantitative estimate of drug-likeness (QED) is 0.456. The molecule has 6 heteroatoms. The van der Waals surface area contributed by atoms with E-state index in [2.05, 4.69) is 4.98 Å². The molecule has 0 bridgehead atoms. The fourth-order valence-electron chi connectivity index (χ4n) is 0.725. The van der Waals surface area contributed by atoms with E-state index < -0.39 is 4.92 Å². The Kier molecular flexibility index (Phi) is 7.59. The first-order valence-corrected chi connectivity index (χ1v) is 4.76. The van der Waals surface area contributed by atoms with Crippen molar-refractivity contribution in [3.8, 4) is 0 Å². The molecule has 0 radical (unpaired) electrons. The monoisotopic (exact) mass is 272 g/mol. The van der Waals surface area contributed by atoms with Crippen molar-refractivity contribution in [1.29, 1.82) is 0 Å². The van der Waals surface area contributed by atoms with Crippen LogP contribution in [0.1, 0.15) is 0 Å². The van der Waals surface area contributed by atoms with E-state index in [4.69, 9.17) is 0 Å². The van der Waals surface area contributed by atoms with Gasteiger partial charge in [-0.15, -0.1) is 11.3 Å². The van der Waals surface area contributed by atoms with E-state index in [1.165, 1.54) is 12.1 Å². The molecule has 0 aliphatic carbocycles. The summed E-state index contributed by atoms with van der Waals surface area (Å²) in [6, 6.07) is 7.93. The van der Waals surface area contributed by atoms with E-state index in [-0.39, 0.29) is 25.2 Å². The molecule has 0 amide bonds. The molecule has 15 heavy (non-hydrogen) atoms. The smallest absolute Gasteiger partial charge is 0.258 e. The van der Waals surface area contributed by atoms with Crippen LogP contribution >= 0.6 is 11.3 Å². The van der Waals surface area contributed by atoms with Crippen molar-refractivity contribution in [2.75, 3.05) is 0 Å². The van der Waals surface area contributed by atoms with Crippen molar-refractivity contribution >= 4 is 17.0 Å². The van der Waals surface area contributed by atoms with Gasteiger partial charge < -0.3 is 0 Å². The third-order valence-corrected chi connectivity index (χ3v) is 1.84. The number of hydrogen-bond acceptors (Lipinski definition) is 4. The summed E-state index contributed by atoms with van der Waals surface area (Å²) < 4.78 is 0. The molecular formula is C9H8N2O2SZn. The number of rotatable bonds is 1. The van der Waals surface area contributed by atoms with Gasteiger partial charge in [0.1, 0.15) is 0 Å². The second kappa shape index (κ2) is 8.20. The molecule has 0 saturated heterocycles. The summed E-state index contributed by atoms with van der Waals surface area (Å²) in [5.74, 6) is 0. The molecular weight excluding hydrogens is 266 g/mol. The standard InChI is InChI=1S/C6H5NO2.C3H3NS.Zn/c8-7(9)6-4-2-1-3-5-6;1-2-5-3-4-1;/h1-5H;1-3H;. The summed E-state index contributed by atoms with van der Waals surface area (Å²) in [5, 5.41) is 11.9. The molecule has 0 unspecified atom stereocenters. The van der Waals surface area contributed by atoms with Crippen LogP contribution in [-0.4, -0.2) is 9.91 Å². The average Bonchev–Trinajstić information content (AvgIpc) is 2.77. The van der Waals surface area contributed by atoms with Gasteiger partial charge in [-0.05, 0) is 0 Å². The van der Waals surface area contributed by atoms with Crippen molar-refractivity contribution < 1.29 is 24.4 Å². The van der Waals surface area contributed by atoms with Crippen molar-refractivity contribution in [3.63, 3.8) is 0 Å². The first kappa shape index (κ1) is 13.9. The van der Waals surface area contributed by atoms with Crippen LogP contribution in [0.4, 0.5) is 5.69 Å². The van der Waals surface area contributed by atoms with Gasteiger partial charge in [0, 0.05) is 43.2 Å². The van der Waals surface area contributed by atoms with Crippen molar-refractivity contribution in [2.24, 2.45) is 0 Å². The molecule has 1 aromatic heterocycles. The first-order chi connectivity index (χ1) is 6.80. The van der Waals surface area contributed by atoms with Gasteiger partial charge in [-0.25, -0.2) is 0 Å². The Hall–Kier alpha value is -1.13. The Labute approximate surface area is 104 Å². The van der Waals surface area contributed by atoms with Crippen molar-refractivity contribution in [1.82, 2.24) is 4.98 Å². The predicted molar refractivity (Wildman–Crippen MR) is 55.2 cm³/mol. The van der Waals surface area contributed by atoms with E-state index in [0.717, 1.165) is 0 Å². The molecule has 4 nitrogen and oxygen atoms in total. The summed E-state index contributed by atoms with van der Waals surface area (Å²) >= 11 is 1.60. The number of nitro groups is 1. The fourth-order valence-corrected chi connectivity index (χ4v) is 1.08. The molecule has 0 spiro atoms. The third-order valence-electron chi connectivity index (χ3n) is 1.31. The second-order valence-corrected chi connectivity index (χ2v) is 3.02. The van der Waals surface area contributed by atoms with E-state index in [9.17, 15) is 10.1 Å². The topological polar surface area (TPSA) is 56.0 Å². The summed E-state index contributed by atoms with van der Waals surface area (Å²) in [4.78, 5) is 13.3. The predicted octanol–water partition coefficient (Wildman–Crippen LogP) is 2.74. The van der Waals surface area contributed by atoms with Crippen LogP contribution < -0.4 is 0 Å². The zero-order valence-electron chi connectivity index (χ0n) is 7.95. The van der Waals surface area contributed by atoms with E-state index in [1.807, 2.05) is 5.38 Å². The largest absolute Gasteiger partial charge is 0.269 e. The van der Waals surface area contributed by atoms with Crippen LogP contribution in [0, 0.1) is 10.1 Å². The van der Waals surface area contributed by atoms with Crippen LogP contribution in [-0.2, 0) is 19.5 Å². The average molecular weight is 274 g/mol. The Morgan fingerprint density at radius 3 is 2.20 bits per heavy atom. The molecule has 2 aromatic rings. The fraction of sp³-hybridized carbons (Fsp3) is 0. The minimum Gasteiger partial charge on any atom is -0.258 e. The maximum absolute atomic E-state index is 10.0. The molecule has 1 heterocycles. The van der Waals surface area contributed by atoms with Gasteiger partial charge in [-0.2, -0.15) is 0 Å². The summed E-state index contributed by atoms with van der Waals surface area (Å²) in [6.45, 7) is 0. The van der Waals surface area contributed by atoms with Gasteiger partial charge >= 0.3 is 0 Å². The van der Waals surface area contributed by atoms with Gasteiger partial charge in [0.15, 0.2) is 0 Å². The van der Waals surface area contributed by atoms with Crippen LogP contribution in [0.3, 0.4) is 0 Å².